The average molecular weight is 348 g/mol. The van der Waals surface area contributed by atoms with Gasteiger partial charge in [0.25, 0.3) is 0 Å². The third-order valence-corrected chi connectivity index (χ3v) is 5.47. The van der Waals surface area contributed by atoms with Crippen molar-refractivity contribution in [3.05, 3.63) is 28.2 Å². The minimum Gasteiger partial charge on any atom is -0.322 e. The molecule has 1 aliphatic rings. The molecule has 116 valence electrons. The largest absolute Gasteiger partial charge is 0.322 e. The van der Waals surface area contributed by atoms with E-state index in [1.54, 1.807) is 30.0 Å². The van der Waals surface area contributed by atoms with Gasteiger partial charge >= 0.3 is 6.03 Å². The molecule has 7 heteroatoms. The summed E-state index contributed by atoms with van der Waals surface area (Å²) in [5.74, 6) is 0. The SMILES string of the molecule is CS[C@@H]1CN(C(=O)Nc2ccc(Cl)c(Cl)c2)C[C@H]1N(C)C. The Bertz CT molecular complexity index is 527. The Labute approximate surface area is 139 Å². The van der Waals surface area contributed by atoms with Crippen molar-refractivity contribution in [2.75, 3.05) is 38.8 Å². The number of hydrogen-bond acceptors (Lipinski definition) is 3. The number of carbonyl (C=O) groups is 1. The molecule has 0 aliphatic carbocycles. The molecule has 0 aromatic heterocycles. The van der Waals surface area contributed by atoms with Crippen LogP contribution in [-0.2, 0) is 0 Å². The predicted octanol–water partition coefficient (Wildman–Crippen LogP) is 3.50. The monoisotopic (exact) mass is 347 g/mol. The van der Waals surface area contributed by atoms with E-state index in [1.165, 1.54) is 0 Å². The van der Waals surface area contributed by atoms with Gasteiger partial charge in [-0.2, -0.15) is 11.8 Å². The van der Waals surface area contributed by atoms with E-state index in [0.717, 1.165) is 13.1 Å². The van der Waals surface area contributed by atoms with Crippen LogP contribution in [0.15, 0.2) is 18.2 Å². The van der Waals surface area contributed by atoms with Gasteiger partial charge in [-0.25, -0.2) is 4.79 Å². The van der Waals surface area contributed by atoms with Crippen LogP contribution in [0.25, 0.3) is 0 Å². The van der Waals surface area contributed by atoms with Crippen molar-refractivity contribution in [1.29, 1.82) is 0 Å². The number of nitrogens with one attached hydrogen (secondary N) is 1. The first kappa shape index (κ1) is 16.7. The second-order valence-corrected chi connectivity index (χ2v) is 7.16. The number of carbonyl (C=O) groups excluding carboxylic acids is 1. The maximum Gasteiger partial charge on any atom is 0.321 e. The number of likely N-dealkylation sites (N-methyl/N-ethyl adjacent to an activating group) is 1. The fraction of sp³-hybridized carbons (Fsp3) is 0.500. The topological polar surface area (TPSA) is 35.6 Å². The zero-order chi connectivity index (χ0) is 15.6. The smallest absolute Gasteiger partial charge is 0.321 e. The van der Waals surface area contributed by atoms with Gasteiger partial charge in [0.15, 0.2) is 0 Å². The number of halogens is 2. The number of urea groups is 1. The first-order valence-electron chi connectivity index (χ1n) is 6.62. The number of likely N-dealkylation sites (tertiary alicyclic amines) is 1. The lowest BCUT2D eigenvalue weighted by molar-refractivity contribution is 0.216. The van der Waals surface area contributed by atoms with Crippen molar-refractivity contribution >= 4 is 46.7 Å². The van der Waals surface area contributed by atoms with Crippen molar-refractivity contribution in [3.63, 3.8) is 0 Å². The van der Waals surface area contributed by atoms with Gasteiger partial charge in [0.1, 0.15) is 0 Å². The average Bonchev–Trinajstić information content (AvgIpc) is 2.87. The van der Waals surface area contributed by atoms with Gasteiger partial charge in [-0.1, -0.05) is 23.2 Å². The fourth-order valence-corrected chi connectivity index (χ4v) is 3.70. The summed E-state index contributed by atoms with van der Waals surface area (Å²) in [6.45, 7) is 1.48. The molecule has 4 nitrogen and oxygen atoms in total. The summed E-state index contributed by atoms with van der Waals surface area (Å²) in [6, 6.07) is 5.36. The quantitative estimate of drug-likeness (QED) is 0.908. The van der Waals surface area contributed by atoms with Crippen LogP contribution in [0, 0.1) is 0 Å². The number of nitrogens with zero attached hydrogens (tertiary/aromatic N) is 2. The molecule has 1 saturated heterocycles. The summed E-state index contributed by atoms with van der Waals surface area (Å²) < 4.78 is 0. The van der Waals surface area contributed by atoms with Gasteiger partial charge in [-0.15, -0.1) is 0 Å². The summed E-state index contributed by atoms with van der Waals surface area (Å²) in [6.07, 6.45) is 2.08. The number of anilines is 1. The Morgan fingerprint density at radius 2 is 2.05 bits per heavy atom. The molecule has 1 aromatic rings. The standard InChI is InChI=1S/C14H19Cl2N3OS/c1-18(2)12-7-19(8-13(12)21-3)14(20)17-9-4-5-10(15)11(16)6-9/h4-6,12-13H,7-8H2,1-3H3,(H,17,20)/t12-,13-/m1/s1. The van der Waals surface area contributed by atoms with Crippen molar-refractivity contribution < 1.29 is 4.79 Å². The first-order valence-corrected chi connectivity index (χ1v) is 8.67. The minimum atomic E-state index is -0.100. The molecule has 2 atom stereocenters. The molecule has 21 heavy (non-hydrogen) atoms. The third-order valence-electron chi connectivity index (χ3n) is 3.66. The van der Waals surface area contributed by atoms with Gasteiger partial charge in [0.2, 0.25) is 0 Å². The molecule has 1 heterocycles. The molecule has 1 aromatic carbocycles. The Morgan fingerprint density at radius 3 is 2.57 bits per heavy atom. The summed E-state index contributed by atoms with van der Waals surface area (Å²) in [4.78, 5) is 16.4. The Balaban J connectivity index is 2.02. The predicted molar refractivity (Wildman–Crippen MR) is 91.8 cm³/mol. The summed E-state index contributed by atoms with van der Waals surface area (Å²) >= 11 is 13.6. The molecule has 0 radical (unpaired) electrons. The maximum absolute atomic E-state index is 12.4. The van der Waals surface area contributed by atoms with Gasteiger partial charge < -0.3 is 15.1 Å². The van der Waals surface area contributed by atoms with Crippen LogP contribution in [0.3, 0.4) is 0 Å². The van der Waals surface area contributed by atoms with Crippen LogP contribution in [0.1, 0.15) is 0 Å². The normalized spacial score (nSPS) is 21.9. The zero-order valence-electron chi connectivity index (χ0n) is 12.3. The lowest BCUT2D eigenvalue weighted by atomic mass is 10.2. The summed E-state index contributed by atoms with van der Waals surface area (Å²) in [5, 5.41) is 4.21. The highest BCUT2D eigenvalue weighted by Crippen LogP contribution is 2.27. The molecule has 0 saturated carbocycles. The van der Waals surface area contributed by atoms with E-state index in [1.807, 2.05) is 19.0 Å². The van der Waals surface area contributed by atoms with Crippen LogP contribution in [0.2, 0.25) is 10.0 Å². The molecule has 1 fully saturated rings. The molecule has 0 bridgehead atoms. The van der Waals surface area contributed by atoms with Crippen molar-refractivity contribution in [2.24, 2.45) is 0 Å². The molecular formula is C14H19Cl2N3OS. The number of benzene rings is 1. The Kier molecular flexibility index (Phi) is 5.66. The van der Waals surface area contributed by atoms with Crippen molar-refractivity contribution in [1.82, 2.24) is 9.80 Å². The van der Waals surface area contributed by atoms with Gasteiger partial charge in [-0.05, 0) is 38.6 Å². The molecule has 0 spiro atoms. The maximum atomic E-state index is 12.4. The van der Waals surface area contributed by atoms with Crippen LogP contribution < -0.4 is 5.32 Å². The Hall–Kier alpha value is -0.620. The molecule has 1 N–H and O–H groups in total. The third kappa shape index (κ3) is 3.97. The fourth-order valence-electron chi connectivity index (χ4n) is 2.43. The van der Waals surface area contributed by atoms with E-state index in [0.29, 0.717) is 27.0 Å². The van der Waals surface area contributed by atoms with Crippen LogP contribution in [0.5, 0.6) is 0 Å². The van der Waals surface area contributed by atoms with Crippen LogP contribution in [-0.4, -0.2) is 60.6 Å². The molecule has 1 aliphatic heterocycles. The van der Waals surface area contributed by atoms with Gasteiger partial charge in [-0.3, -0.25) is 0 Å². The molecule has 0 unspecified atom stereocenters. The van der Waals surface area contributed by atoms with Crippen LogP contribution in [0.4, 0.5) is 10.5 Å². The number of thioether (sulfide) groups is 1. The van der Waals surface area contributed by atoms with E-state index >= 15 is 0 Å². The molecular weight excluding hydrogens is 329 g/mol. The van der Waals surface area contributed by atoms with E-state index in [4.69, 9.17) is 23.2 Å². The van der Waals surface area contributed by atoms with Crippen molar-refractivity contribution in [3.8, 4) is 0 Å². The highest BCUT2D eigenvalue weighted by atomic mass is 35.5. The van der Waals surface area contributed by atoms with E-state index in [2.05, 4.69) is 16.5 Å². The summed E-state index contributed by atoms with van der Waals surface area (Å²) in [7, 11) is 4.10. The van der Waals surface area contributed by atoms with E-state index < -0.39 is 0 Å². The van der Waals surface area contributed by atoms with Gasteiger partial charge in [0, 0.05) is 30.1 Å². The second kappa shape index (κ2) is 7.09. The number of hydrogen-bond donors (Lipinski definition) is 1. The van der Waals surface area contributed by atoms with E-state index in [9.17, 15) is 4.79 Å². The first-order chi connectivity index (χ1) is 9.92. The van der Waals surface area contributed by atoms with Crippen molar-refractivity contribution in [2.45, 2.75) is 11.3 Å². The molecule has 2 rings (SSSR count). The minimum absolute atomic E-state index is 0.100. The molecule has 2 amide bonds. The highest BCUT2D eigenvalue weighted by Gasteiger charge is 2.35. The number of rotatable bonds is 3. The number of amides is 2. The lowest BCUT2D eigenvalue weighted by Crippen LogP contribution is -2.38. The zero-order valence-corrected chi connectivity index (χ0v) is 14.6. The highest BCUT2D eigenvalue weighted by molar-refractivity contribution is 7.99. The Morgan fingerprint density at radius 1 is 1.33 bits per heavy atom. The summed E-state index contributed by atoms with van der Waals surface area (Å²) in [5.41, 5.74) is 0.656. The van der Waals surface area contributed by atoms with Gasteiger partial charge in [0.05, 0.1) is 10.0 Å². The van der Waals surface area contributed by atoms with Crippen LogP contribution >= 0.6 is 35.0 Å². The lowest BCUT2D eigenvalue weighted by Gasteiger charge is -2.23. The van der Waals surface area contributed by atoms with E-state index in [-0.39, 0.29) is 6.03 Å². The second-order valence-electron chi connectivity index (χ2n) is 5.27.